The Balaban J connectivity index is 2.15. The number of Topliss-reactive ketones (excluding diaryl/α,β-unsaturated/α-hetero) is 1. The molecule has 1 amide bonds. The van der Waals surface area contributed by atoms with E-state index in [0.717, 1.165) is 6.07 Å². The molecule has 1 heterocycles. The van der Waals surface area contributed by atoms with Gasteiger partial charge in [-0.15, -0.1) is 0 Å². The quantitative estimate of drug-likeness (QED) is 0.843. The lowest BCUT2D eigenvalue weighted by Crippen LogP contribution is -2.41. The fourth-order valence-electron chi connectivity index (χ4n) is 3.68. The molecule has 0 fully saturated rings. The Kier molecular flexibility index (Phi) is 3.81. The number of carbonyl (C=O) groups excluding carboxylic acids is 2. The van der Waals surface area contributed by atoms with Crippen molar-refractivity contribution in [2.45, 2.75) is 45.2 Å². The van der Waals surface area contributed by atoms with Crippen LogP contribution in [0.5, 0.6) is 0 Å². The van der Waals surface area contributed by atoms with Crippen molar-refractivity contribution in [3.05, 3.63) is 46.7 Å². The van der Waals surface area contributed by atoms with Gasteiger partial charge < -0.3 is 5.32 Å². The van der Waals surface area contributed by atoms with Crippen LogP contribution in [0.25, 0.3) is 0 Å². The van der Waals surface area contributed by atoms with Crippen molar-refractivity contribution < 1.29 is 22.8 Å². The molecule has 1 aliphatic heterocycles. The molecule has 3 nitrogen and oxygen atoms in total. The third-order valence-electron chi connectivity index (χ3n) is 4.59. The Morgan fingerprint density at radius 1 is 1.12 bits per heavy atom. The van der Waals surface area contributed by atoms with Gasteiger partial charge in [0, 0.05) is 30.0 Å². The number of nitrogens with one attached hydrogen (secondary N) is 1. The van der Waals surface area contributed by atoms with E-state index in [1.807, 2.05) is 13.8 Å². The molecule has 24 heavy (non-hydrogen) atoms. The average Bonchev–Trinajstić information content (AvgIpc) is 2.43. The molecule has 6 heteroatoms. The van der Waals surface area contributed by atoms with Crippen LogP contribution in [-0.4, -0.2) is 11.7 Å². The van der Waals surface area contributed by atoms with E-state index < -0.39 is 17.7 Å². The minimum absolute atomic E-state index is 0.000376. The van der Waals surface area contributed by atoms with Gasteiger partial charge in [-0.1, -0.05) is 32.0 Å². The first-order chi connectivity index (χ1) is 11.1. The molecule has 0 saturated heterocycles. The molecule has 1 aromatic carbocycles. The summed E-state index contributed by atoms with van der Waals surface area (Å²) in [4.78, 5) is 24.6. The van der Waals surface area contributed by atoms with Crippen LogP contribution in [0.15, 0.2) is 35.5 Å². The fourth-order valence-corrected chi connectivity index (χ4v) is 3.68. The Hall–Kier alpha value is -2.11. The zero-order chi connectivity index (χ0) is 17.7. The van der Waals surface area contributed by atoms with Crippen molar-refractivity contribution in [2.75, 3.05) is 0 Å². The maximum atomic E-state index is 13.3. The number of hydrogen-bond donors (Lipinski definition) is 1. The third kappa shape index (κ3) is 2.97. The highest BCUT2D eigenvalue weighted by Gasteiger charge is 2.43. The summed E-state index contributed by atoms with van der Waals surface area (Å²) in [5.41, 5.74) is -0.274. The molecular formula is C18H18F3NO2. The summed E-state index contributed by atoms with van der Waals surface area (Å²) < 4.78 is 40.0. The zero-order valence-corrected chi connectivity index (χ0v) is 13.5. The van der Waals surface area contributed by atoms with E-state index in [1.54, 1.807) is 0 Å². The van der Waals surface area contributed by atoms with Gasteiger partial charge in [-0.3, -0.25) is 9.59 Å². The summed E-state index contributed by atoms with van der Waals surface area (Å²) in [5, 5.41) is 2.70. The number of halogens is 3. The molecule has 0 bridgehead atoms. The number of benzene rings is 1. The molecule has 0 aromatic heterocycles. The molecule has 0 saturated carbocycles. The molecule has 1 aromatic rings. The van der Waals surface area contributed by atoms with Crippen LogP contribution in [0.3, 0.4) is 0 Å². The van der Waals surface area contributed by atoms with E-state index in [-0.39, 0.29) is 35.5 Å². The molecule has 1 atom stereocenters. The summed E-state index contributed by atoms with van der Waals surface area (Å²) in [6, 6.07) is 5.19. The van der Waals surface area contributed by atoms with Gasteiger partial charge in [0.1, 0.15) is 0 Å². The molecule has 0 spiro atoms. The van der Waals surface area contributed by atoms with E-state index in [4.69, 9.17) is 0 Å². The minimum Gasteiger partial charge on any atom is -0.329 e. The number of carbonyl (C=O) groups is 2. The fraction of sp³-hybridized carbons (Fsp3) is 0.444. The van der Waals surface area contributed by atoms with Gasteiger partial charge in [-0.25, -0.2) is 0 Å². The highest BCUT2D eigenvalue weighted by atomic mass is 19.4. The summed E-state index contributed by atoms with van der Waals surface area (Å²) in [6.07, 6.45) is -3.92. The van der Waals surface area contributed by atoms with Gasteiger partial charge in [0.2, 0.25) is 5.91 Å². The Bertz CT molecular complexity index is 747. The number of alkyl halides is 3. The van der Waals surface area contributed by atoms with Crippen LogP contribution in [0.2, 0.25) is 0 Å². The Morgan fingerprint density at radius 3 is 2.46 bits per heavy atom. The SMILES string of the molecule is CC1(C)CC(=O)C2=C(C1)NC(=O)C[C@@H]2c1ccccc1C(F)(F)F. The highest BCUT2D eigenvalue weighted by molar-refractivity contribution is 6.02. The van der Waals surface area contributed by atoms with Gasteiger partial charge in [0.05, 0.1) is 5.56 Å². The third-order valence-corrected chi connectivity index (χ3v) is 4.59. The van der Waals surface area contributed by atoms with Crippen molar-refractivity contribution in [2.24, 2.45) is 5.41 Å². The molecule has 0 unspecified atom stereocenters. The lowest BCUT2D eigenvalue weighted by Gasteiger charge is -2.38. The monoisotopic (exact) mass is 337 g/mol. The molecule has 1 N–H and O–H groups in total. The molecule has 128 valence electrons. The van der Waals surface area contributed by atoms with Gasteiger partial charge in [0.25, 0.3) is 0 Å². The maximum absolute atomic E-state index is 13.3. The van der Waals surface area contributed by atoms with E-state index >= 15 is 0 Å². The second kappa shape index (κ2) is 5.46. The molecule has 2 aliphatic rings. The van der Waals surface area contributed by atoms with E-state index in [1.165, 1.54) is 18.2 Å². The number of ketones is 1. The zero-order valence-electron chi connectivity index (χ0n) is 13.5. The average molecular weight is 337 g/mol. The smallest absolute Gasteiger partial charge is 0.329 e. The second-order valence-electron chi connectivity index (χ2n) is 7.22. The van der Waals surface area contributed by atoms with Crippen LogP contribution in [-0.2, 0) is 15.8 Å². The first-order valence-corrected chi connectivity index (χ1v) is 7.81. The maximum Gasteiger partial charge on any atom is 0.416 e. The van der Waals surface area contributed by atoms with E-state index in [2.05, 4.69) is 5.32 Å². The van der Waals surface area contributed by atoms with E-state index in [0.29, 0.717) is 17.7 Å². The van der Waals surface area contributed by atoms with Crippen molar-refractivity contribution in [1.82, 2.24) is 5.32 Å². The first kappa shape index (κ1) is 16.7. The highest BCUT2D eigenvalue weighted by Crippen LogP contribution is 2.46. The summed E-state index contributed by atoms with van der Waals surface area (Å²) >= 11 is 0. The van der Waals surface area contributed by atoms with Gasteiger partial charge in [-0.05, 0) is 23.5 Å². The number of hydrogen-bond acceptors (Lipinski definition) is 2. The van der Waals surface area contributed by atoms with Gasteiger partial charge >= 0.3 is 6.18 Å². The second-order valence-corrected chi connectivity index (χ2v) is 7.22. The molecule has 3 rings (SSSR count). The van der Waals surface area contributed by atoms with Crippen LogP contribution in [0.1, 0.15) is 50.2 Å². The minimum atomic E-state index is -4.53. The predicted octanol–water partition coefficient (Wildman–Crippen LogP) is 3.95. The summed E-state index contributed by atoms with van der Waals surface area (Å²) in [7, 11) is 0. The predicted molar refractivity (Wildman–Crippen MR) is 82.0 cm³/mol. The van der Waals surface area contributed by atoms with Crippen molar-refractivity contribution >= 4 is 11.7 Å². The van der Waals surface area contributed by atoms with Crippen LogP contribution < -0.4 is 5.32 Å². The lowest BCUT2D eigenvalue weighted by atomic mass is 9.69. The number of allylic oxidation sites excluding steroid dienone is 2. The van der Waals surface area contributed by atoms with Gasteiger partial charge in [-0.2, -0.15) is 13.2 Å². The molecular weight excluding hydrogens is 319 g/mol. The largest absolute Gasteiger partial charge is 0.416 e. The van der Waals surface area contributed by atoms with Crippen LogP contribution in [0, 0.1) is 5.41 Å². The topological polar surface area (TPSA) is 46.2 Å². The van der Waals surface area contributed by atoms with E-state index in [9.17, 15) is 22.8 Å². The van der Waals surface area contributed by atoms with Crippen molar-refractivity contribution in [3.63, 3.8) is 0 Å². The molecule has 1 aliphatic carbocycles. The van der Waals surface area contributed by atoms with Gasteiger partial charge in [0.15, 0.2) is 5.78 Å². The standard InChI is InChI=1S/C18H18F3NO2/c1-17(2)8-13-16(14(23)9-17)11(7-15(24)22-13)10-5-3-4-6-12(10)18(19,20)21/h3-6,11H,7-9H2,1-2H3,(H,22,24)/t11-/m1/s1. The summed E-state index contributed by atoms with van der Waals surface area (Å²) in [5.74, 6) is -1.36. The molecule has 0 radical (unpaired) electrons. The number of amides is 1. The van der Waals surface area contributed by atoms with Crippen LogP contribution >= 0.6 is 0 Å². The lowest BCUT2D eigenvalue weighted by molar-refractivity contribution is -0.139. The Morgan fingerprint density at radius 2 is 1.79 bits per heavy atom. The summed E-state index contributed by atoms with van der Waals surface area (Å²) in [6.45, 7) is 3.82. The van der Waals surface area contributed by atoms with Crippen molar-refractivity contribution in [1.29, 1.82) is 0 Å². The van der Waals surface area contributed by atoms with Crippen LogP contribution in [0.4, 0.5) is 13.2 Å². The normalized spacial score (nSPS) is 23.8. The Labute approximate surface area is 137 Å². The number of rotatable bonds is 1. The van der Waals surface area contributed by atoms with Crippen molar-refractivity contribution in [3.8, 4) is 0 Å². The first-order valence-electron chi connectivity index (χ1n) is 7.81.